The summed E-state index contributed by atoms with van der Waals surface area (Å²) >= 11 is 7.06. The highest BCUT2D eigenvalue weighted by Gasteiger charge is 2.04. The summed E-state index contributed by atoms with van der Waals surface area (Å²) in [5.74, 6) is 0. The van der Waals surface area contributed by atoms with Crippen LogP contribution in [0, 0.1) is 0 Å². The van der Waals surface area contributed by atoms with E-state index in [2.05, 4.69) is 55.9 Å². The fourth-order valence-electron chi connectivity index (χ4n) is 1.64. The summed E-state index contributed by atoms with van der Waals surface area (Å²) in [5.41, 5.74) is 3.28. The van der Waals surface area contributed by atoms with Crippen LogP contribution in [0.1, 0.15) is 5.56 Å². The minimum Gasteiger partial charge on any atom is -0.379 e. The molecule has 0 fully saturated rings. The fourth-order valence-corrected chi connectivity index (χ4v) is 2.92. The second kappa shape index (κ2) is 6.21. The Kier molecular flexibility index (Phi) is 4.61. The van der Waals surface area contributed by atoms with E-state index in [9.17, 15) is 0 Å². The number of nitrogens with one attached hydrogen (secondary N) is 1. The van der Waals surface area contributed by atoms with Gasteiger partial charge < -0.3 is 5.32 Å². The van der Waals surface area contributed by atoms with E-state index >= 15 is 0 Å². The van der Waals surface area contributed by atoms with Gasteiger partial charge in [0.15, 0.2) is 0 Å². The molecule has 92 valence electrons. The highest BCUT2D eigenvalue weighted by Crippen LogP contribution is 2.30. The minimum absolute atomic E-state index is 0.714. The molecule has 0 bridgehead atoms. The van der Waals surface area contributed by atoms with Gasteiger partial charge in [0.2, 0.25) is 0 Å². The van der Waals surface area contributed by atoms with Gasteiger partial charge in [-0.2, -0.15) is 0 Å². The number of para-hydroxylation sites is 1. The summed E-state index contributed by atoms with van der Waals surface area (Å²) in [6.45, 7) is 4.82. The van der Waals surface area contributed by atoms with E-state index in [1.54, 1.807) is 0 Å². The maximum absolute atomic E-state index is 4.11. The molecule has 2 aromatic rings. The monoisotopic (exact) mass is 365 g/mol. The van der Waals surface area contributed by atoms with Gasteiger partial charge in [0, 0.05) is 15.5 Å². The molecule has 0 heterocycles. The molecule has 0 aliphatic rings. The first-order chi connectivity index (χ1) is 8.68. The molecule has 0 spiro atoms. The van der Waals surface area contributed by atoms with Crippen molar-refractivity contribution >= 4 is 43.1 Å². The lowest BCUT2D eigenvalue weighted by Crippen LogP contribution is -2.04. The first-order valence-electron chi connectivity index (χ1n) is 5.59. The quantitative estimate of drug-likeness (QED) is 0.770. The third kappa shape index (κ3) is 3.24. The van der Waals surface area contributed by atoms with Crippen molar-refractivity contribution < 1.29 is 0 Å². The van der Waals surface area contributed by atoms with Gasteiger partial charge in [0.05, 0.1) is 5.69 Å². The van der Waals surface area contributed by atoms with Crippen LogP contribution in [0.4, 0.5) is 5.69 Å². The zero-order valence-electron chi connectivity index (χ0n) is 9.79. The van der Waals surface area contributed by atoms with E-state index in [1.807, 2.05) is 36.4 Å². The van der Waals surface area contributed by atoms with Gasteiger partial charge in [-0.05, 0) is 55.1 Å². The molecule has 0 aliphatic heterocycles. The highest BCUT2D eigenvalue weighted by atomic mass is 79.9. The van der Waals surface area contributed by atoms with Gasteiger partial charge in [0.25, 0.3) is 0 Å². The van der Waals surface area contributed by atoms with Crippen LogP contribution >= 0.6 is 31.9 Å². The number of hydrogen-bond acceptors (Lipinski definition) is 1. The number of anilines is 1. The summed E-state index contributed by atoms with van der Waals surface area (Å²) in [4.78, 5) is 0. The van der Waals surface area contributed by atoms with Crippen molar-refractivity contribution in [1.82, 2.24) is 0 Å². The Morgan fingerprint density at radius 3 is 2.17 bits per heavy atom. The van der Waals surface area contributed by atoms with Gasteiger partial charge in [0.1, 0.15) is 0 Å². The zero-order valence-corrected chi connectivity index (χ0v) is 13.0. The largest absolute Gasteiger partial charge is 0.379 e. The standard InChI is InChI=1S/C15H13Br2N/c1-11(12-6-3-2-4-7-12)10-18-15-13(16)8-5-9-14(15)17/h2-9,18H,1,10H2. The number of rotatable bonds is 4. The average Bonchev–Trinajstić information content (AvgIpc) is 2.39. The summed E-state index contributed by atoms with van der Waals surface area (Å²) in [6, 6.07) is 16.2. The molecule has 1 N–H and O–H groups in total. The Hall–Kier alpha value is -1.06. The molecule has 0 saturated heterocycles. The van der Waals surface area contributed by atoms with Crippen LogP contribution in [0.15, 0.2) is 64.1 Å². The smallest absolute Gasteiger partial charge is 0.0631 e. The Bertz CT molecular complexity index is 529. The lowest BCUT2D eigenvalue weighted by molar-refractivity contribution is 1.32. The molecule has 0 saturated carbocycles. The maximum Gasteiger partial charge on any atom is 0.0631 e. The molecule has 0 aliphatic carbocycles. The average molecular weight is 367 g/mol. The van der Waals surface area contributed by atoms with Gasteiger partial charge in [-0.15, -0.1) is 0 Å². The first-order valence-corrected chi connectivity index (χ1v) is 7.18. The van der Waals surface area contributed by atoms with Gasteiger partial charge >= 0.3 is 0 Å². The van der Waals surface area contributed by atoms with Crippen LogP contribution in [0.5, 0.6) is 0 Å². The predicted octanol–water partition coefficient (Wildman–Crippen LogP) is 5.34. The molecule has 3 heteroatoms. The van der Waals surface area contributed by atoms with Crippen LogP contribution in [0.3, 0.4) is 0 Å². The maximum atomic E-state index is 4.11. The SMILES string of the molecule is C=C(CNc1c(Br)cccc1Br)c1ccccc1. The highest BCUT2D eigenvalue weighted by molar-refractivity contribution is 9.11. The lowest BCUT2D eigenvalue weighted by Gasteiger charge is -2.12. The van der Waals surface area contributed by atoms with Crippen LogP contribution in [-0.2, 0) is 0 Å². The molecule has 2 aromatic carbocycles. The molecule has 18 heavy (non-hydrogen) atoms. The first kappa shape index (κ1) is 13.4. The Morgan fingerprint density at radius 1 is 0.944 bits per heavy atom. The molecule has 0 atom stereocenters. The summed E-state index contributed by atoms with van der Waals surface area (Å²) in [6.07, 6.45) is 0. The fraction of sp³-hybridized carbons (Fsp3) is 0.0667. The van der Waals surface area contributed by atoms with Crippen LogP contribution in [-0.4, -0.2) is 6.54 Å². The number of halogens is 2. The van der Waals surface area contributed by atoms with Gasteiger partial charge in [-0.3, -0.25) is 0 Å². The second-order valence-electron chi connectivity index (χ2n) is 3.92. The van der Waals surface area contributed by atoms with Crippen LogP contribution in [0.2, 0.25) is 0 Å². The molecule has 0 radical (unpaired) electrons. The molecule has 0 unspecified atom stereocenters. The topological polar surface area (TPSA) is 12.0 Å². The molecule has 1 nitrogen and oxygen atoms in total. The van der Waals surface area contributed by atoms with Crippen LogP contribution in [0.25, 0.3) is 5.57 Å². The van der Waals surface area contributed by atoms with E-state index in [0.717, 1.165) is 25.8 Å². The third-order valence-electron chi connectivity index (χ3n) is 2.62. The van der Waals surface area contributed by atoms with Crippen LogP contribution < -0.4 is 5.32 Å². The third-order valence-corrected chi connectivity index (χ3v) is 3.95. The molecule has 2 rings (SSSR count). The summed E-state index contributed by atoms with van der Waals surface area (Å²) in [7, 11) is 0. The van der Waals surface area contributed by atoms with Gasteiger partial charge in [-0.1, -0.05) is 43.0 Å². The molecular formula is C15H13Br2N. The van der Waals surface area contributed by atoms with Gasteiger partial charge in [-0.25, -0.2) is 0 Å². The van der Waals surface area contributed by atoms with E-state index in [1.165, 1.54) is 0 Å². The zero-order chi connectivity index (χ0) is 13.0. The van der Waals surface area contributed by atoms with Crippen molar-refractivity contribution in [3.05, 3.63) is 69.6 Å². The minimum atomic E-state index is 0.714. The number of benzene rings is 2. The Morgan fingerprint density at radius 2 is 1.56 bits per heavy atom. The van der Waals surface area contributed by atoms with Crippen molar-refractivity contribution in [2.75, 3.05) is 11.9 Å². The Balaban J connectivity index is 2.07. The van der Waals surface area contributed by atoms with E-state index < -0.39 is 0 Å². The van der Waals surface area contributed by atoms with Crippen molar-refractivity contribution in [2.45, 2.75) is 0 Å². The van der Waals surface area contributed by atoms with Crippen molar-refractivity contribution in [3.63, 3.8) is 0 Å². The molecule has 0 amide bonds. The Labute approximate surface area is 124 Å². The lowest BCUT2D eigenvalue weighted by atomic mass is 10.1. The predicted molar refractivity (Wildman–Crippen MR) is 85.8 cm³/mol. The van der Waals surface area contributed by atoms with Crippen molar-refractivity contribution in [1.29, 1.82) is 0 Å². The molecular weight excluding hydrogens is 354 g/mol. The summed E-state index contributed by atoms with van der Waals surface area (Å²) < 4.78 is 2.08. The molecule has 0 aromatic heterocycles. The van der Waals surface area contributed by atoms with Crippen molar-refractivity contribution in [2.24, 2.45) is 0 Å². The van der Waals surface area contributed by atoms with E-state index in [-0.39, 0.29) is 0 Å². The van der Waals surface area contributed by atoms with E-state index in [0.29, 0.717) is 6.54 Å². The normalized spacial score (nSPS) is 10.1. The number of hydrogen-bond donors (Lipinski definition) is 1. The summed E-state index contributed by atoms with van der Waals surface area (Å²) in [5, 5.41) is 3.39. The second-order valence-corrected chi connectivity index (χ2v) is 5.63. The van der Waals surface area contributed by atoms with E-state index in [4.69, 9.17) is 0 Å². The van der Waals surface area contributed by atoms with Crippen molar-refractivity contribution in [3.8, 4) is 0 Å².